The number of ether oxygens (including phenoxy) is 1. The monoisotopic (exact) mass is 341 g/mol. The molecule has 1 fully saturated rings. The van der Waals surface area contributed by atoms with Crippen LogP contribution in [-0.4, -0.2) is 47.6 Å². The number of hydrogen-bond donors (Lipinski definition) is 2. The van der Waals surface area contributed by atoms with Crippen LogP contribution in [0.5, 0.6) is 0 Å². The Kier molecular flexibility index (Phi) is 4.08. The summed E-state index contributed by atoms with van der Waals surface area (Å²) in [6.45, 7) is 6.88. The Balaban J connectivity index is 1.57. The van der Waals surface area contributed by atoms with Crippen LogP contribution in [-0.2, 0) is 17.7 Å². The summed E-state index contributed by atoms with van der Waals surface area (Å²) in [7, 11) is 2.14. The summed E-state index contributed by atoms with van der Waals surface area (Å²) in [5.74, 6) is 0.0173. The van der Waals surface area contributed by atoms with E-state index in [1.54, 1.807) is 0 Å². The molecular formula is C20H27N3O2. The van der Waals surface area contributed by atoms with Crippen LogP contribution < -0.4 is 5.32 Å². The molecule has 134 valence electrons. The smallest absolute Gasteiger partial charge is 0.251 e. The van der Waals surface area contributed by atoms with Crippen LogP contribution in [0.25, 0.3) is 10.9 Å². The number of benzene rings is 1. The van der Waals surface area contributed by atoms with Gasteiger partial charge < -0.3 is 19.9 Å². The fourth-order valence-corrected chi connectivity index (χ4v) is 4.11. The molecule has 25 heavy (non-hydrogen) atoms. The highest BCUT2D eigenvalue weighted by atomic mass is 16.5. The Hall–Kier alpha value is -1.85. The van der Waals surface area contributed by atoms with E-state index in [0.29, 0.717) is 6.61 Å². The van der Waals surface area contributed by atoms with Crippen LogP contribution in [0.1, 0.15) is 48.3 Å². The van der Waals surface area contributed by atoms with Crippen LogP contribution in [0.15, 0.2) is 18.2 Å². The number of fused-ring (bicyclic) bond motifs is 3. The summed E-state index contributed by atoms with van der Waals surface area (Å²) in [5.41, 5.74) is 4.36. The van der Waals surface area contributed by atoms with E-state index in [4.69, 9.17) is 4.74 Å². The zero-order valence-electron chi connectivity index (χ0n) is 15.3. The number of hydrogen-bond acceptors (Lipinski definition) is 3. The van der Waals surface area contributed by atoms with Crippen LogP contribution in [0.4, 0.5) is 0 Å². The van der Waals surface area contributed by atoms with Crippen molar-refractivity contribution in [2.45, 2.75) is 51.3 Å². The third-order valence-corrected chi connectivity index (χ3v) is 5.46. The lowest BCUT2D eigenvalue weighted by Crippen LogP contribution is -2.45. The Labute approximate surface area is 148 Å². The first-order valence-electron chi connectivity index (χ1n) is 9.18. The first-order valence-corrected chi connectivity index (χ1v) is 9.18. The second-order valence-electron chi connectivity index (χ2n) is 8.10. The van der Waals surface area contributed by atoms with Crippen molar-refractivity contribution in [1.82, 2.24) is 15.2 Å². The number of rotatable bonds is 2. The van der Waals surface area contributed by atoms with Crippen molar-refractivity contribution in [3.63, 3.8) is 0 Å². The molecule has 3 heterocycles. The van der Waals surface area contributed by atoms with E-state index in [1.807, 2.05) is 18.2 Å². The van der Waals surface area contributed by atoms with Crippen molar-refractivity contribution >= 4 is 16.8 Å². The Morgan fingerprint density at radius 3 is 3.04 bits per heavy atom. The Bertz CT molecular complexity index is 809. The van der Waals surface area contributed by atoms with Gasteiger partial charge in [0.2, 0.25) is 0 Å². The quantitative estimate of drug-likeness (QED) is 0.883. The number of carbonyl (C=O) groups excluding carboxylic acids is 1. The lowest BCUT2D eigenvalue weighted by Gasteiger charge is -2.35. The van der Waals surface area contributed by atoms with E-state index >= 15 is 0 Å². The van der Waals surface area contributed by atoms with Crippen molar-refractivity contribution in [2.75, 3.05) is 20.2 Å². The van der Waals surface area contributed by atoms with E-state index in [1.165, 1.54) is 16.6 Å². The zero-order chi connectivity index (χ0) is 17.6. The van der Waals surface area contributed by atoms with Gasteiger partial charge in [-0.05, 0) is 57.5 Å². The molecule has 1 amide bonds. The first kappa shape index (κ1) is 16.6. The summed E-state index contributed by atoms with van der Waals surface area (Å²) in [5, 5.41) is 4.38. The summed E-state index contributed by atoms with van der Waals surface area (Å²) >= 11 is 0. The van der Waals surface area contributed by atoms with Gasteiger partial charge in [0.15, 0.2) is 0 Å². The van der Waals surface area contributed by atoms with E-state index in [0.717, 1.165) is 43.4 Å². The zero-order valence-corrected chi connectivity index (χ0v) is 15.3. The predicted molar refractivity (Wildman–Crippen MR) is 98.9 cm³/mol. The predicted octanol–water partition coefficient (Wildman–Crippen LogP) is 2.84. The van der Waals surface area contributed by atoms with Crippen molar-refractivity contribution in [3.8, 4) is 0 Å². The molecule has 5 nitrogen and oxygen atoms in total. The van der Waals surface area contributed by atoms with Gasteiger partial charge in [0, 0.05) is 54.3 Å². The maximum Gasteiger partial charge on any atom is 0.251 e. The second-order valence-corrected chi connectivity index (χ2v) is 8.10. The molecule has 1 atom stereocenters. The molecular weight excluding hydrogens is 314 g/mol. The number of H-pyrrole nitrogens is 1. The summed E-state index contributed by atoms with van der Waals surface area (Å²) < 4.78 is 5.74. The third kappa shape index (κ3) is 3.31. The molecule has 0 radical (unpaired) electrons. The Morgan fingerprint density at radius 1 is 1.40 bits per heavy atom. The fourth-order valence-electron chi connectivity index (χ4n) is 4.11. The minimum atomic E-state index is -0.162. The van der Waals surface area contributed by atoms with Gasteiger partial charge in [0.1, 0.15) is 0 Å². The molecule has 4 rings (SSSR count). The molecule has 2 aliphatic rings. The van der Waals surface area contributed by atoms with Gasteiger partial charge in [-0.3, -0.25) is 4.79 Å². The van der Waals surface area contributed by atoms with Gasteiger partial charge in [-0.1, -0.05) is 0 Å². The highest BCUT2D eigenvalue weighted by Crippen LogP contribution is 2.28. The van der Waals surface area contributed by atoms with E-state index < -0.39 is 0 Å². The number of aromatic nitrogens is 1. The normalized spacial score (nSPS) is 23.4. The van der Waals surface area contributed by atoms with Crippen molar-refractivity contribution < 1.29 is 9.53 Å². The molecule has 1 saturated heterocycles. The van der Waals surface area contributed by atoms with Crippen LogP contribution in [0.3, 0.4) is 0 Å². The van der Waals surface area contributed by atoms with E-state index in [9.17, 15) is 4.79 Å². The Morgan fingerprint density at radius 2 is 2.24 bits per heavy atom. The third-order valence-electron chi connectivity index (χ3n) is 5.46. The van der Waals surface area contributed by atoms with Crippen LogP contribution >= 0.6 is 0 Å². The molecule has 0 unspecified atom stereocenters. The number of nitrogens with zero attached hydrogens (tertiary/aromatic N) is 1. The number of aromatic amines is 1. The number of carbonyl (C=O) groups is 1. The standard InChI is InChI=1S/C20H27N3O2/c1-20(2)11-14(7-9-25-20)21-19(24)13-4-5-17-15(10-13)16-12-23(3)8-6-18(16)22-17/h4-5,10,14,22H,6-9,11-12H2,1-3H3,(H,21,24)/t14-/m0/s1. The molecule has 0 aliphatic carbocycles. The van der Waals surface area contributed by atoms with Crippen LogP contribution in [0.2, 0.25) is 0 Å². The molecule has 0 saturated carbocycles. The highest BCUT2D eigenvalue weighted by Gasteiger charge is 2.30. The largest absolute Gasteiger partial charge is 0.375 e. The van der Waals surface area contributed by atoms with E-state index in [2.05, 4.69) is 36.1 Å². The SMILES string of the molecule is CN1CCc2[nH]c3ccc(C(=O)N[C@H]4CCOC(C)(C)C4)cc3c2C1. The molecule has 2 aliphatic heterocycles. The fraction of sp³-hybridized carbons (Fsp3) is 0.550. The summed E-state index contributed by atoms with van der Waals surface area (Å²) in [6, 6.07) is 6.19. The van der Waals surface area contributed by atoms with Gasteiger partial charge >= 0.3 is 0 Å². The average Bonchev–Trinajstić information content (AvgIpc) is 2.91. The molecule has 2 N–H and O–H groups in total. The van der Waals surface area contributed by atoms with Gasteiger partial charge in [-0.2, -0.15) is 0 Å². The lowest BCUT2D eigenvalue weighted by molar-refractivity contribution is -0.0615. The molecule has 1 aromatic heterocycles. The van der Waals surface area contributed by atoms with Crippen molar-refractivity contribution in [3.05, 3.63) is 35.0 Å². The minimum Gasteiger partial charge on any atom is -0.375 e. The maximum absolute atomic E-state index is 12.7. The number of likely N-dealkylation sites (N-methyl/N-ethyl adjacent to an activating group) is 1. The first-order chi connectivity index (χ1) is 11.9. The second kappa shape index (κ2) is 6.15. The van der Waals surface area contributed by atoms with Gasteiger partial charge in [0.05, 0.1) is 5.60 Å². The topological polar surface area (TPSA) is 57.4 Å². The minimum absolute atomic E-state index is 0.0173. The number of amides is 1. The molecule has 0 spiro atoms. The molecule has 2 aromatic rings. The van der Waals surface area contributed by atoms with Crippen molar-refractivity contribution in [2.24, 2.45) is 0 Å². The lowest BCUT2D eigenvalue weighted by atomic mass is 9.93. The number of nitrogens with one attached hydrogen (secondary N) is 2. The van der Waals surface area contributed by atoms with Crippen molar-refractivity contribution in [1.29, 1.82) is 0 Å². The van der Waals surface area contributed by atoms with Gasteiger partial charge in [-0.25, -0.2) is 0 Å². The maximum atomic E-state index is 12.7. The van der Waals surface area contributed by atoms with Gasteiger partial charge in [0.25, 0.3) is 5.91 Å². The van der Waals surface area contributed by atoms with Gasteiger partial charge in [-0.15, -0.1) is 0 Å². The molecule has 0 bridgehead atoms. The summed E-state index contributed by atoms with van der Waals surface area (Å²) in [6.07, 6.45) is 2.77. The van der Waals surface area contributed by atoms with E-state index in [-0.39, 0.29) is 17.6 Å². The average molecular weight is 341 g/mol. The highest BCUT2D eigenvalue weighted by molar-refractivity contribution is 5.99. The molecule has 1 aromatic carbocycles. The summed E-state index contributed by atoms with van der Waals surface area (Å²) in [4.78, 5) is 18.6. The molecule has 5 heteroatoms. The van der Waals surface area contributed by atoms with Crippen LogP contribution in [0, 0.1) is 0 Å².